The molecule has 2 heteroatoms. The molecular formula is C14H16OS. The summed E-state index contributed by atoms with van der Waals surface area (Å²) < 4.78 is 0. The Kier molecular flexibility index (Phi) is 3.86. The van der Waals surface area contributed by atoms with E-state index in [0.29, 0.717) is 0 Å². The molecule has 0 saturated heterocycles. The smallest absolute Gasteiger partial charge is 0.0631 e. The summed E-state index contributed by atoms with van der Waals surface area (Å²) in [6.07, 6.45) is 0.622. The molecule has 2 aromatic rings. The van der Waals surface area contributed by atoms with Crippen molar-refractivity contribution in [1.82, 2.24) is 0 Å². The fraction of sp³-hybridized carbons (Fsp3) is 0.286. The van der Waals surface area contributed by atoms with Gasteiger partial charge in [-0.3, -0.25) is 0 Å². The molecular weight excluding hydrogens is 216 g/mol. The minimum absolute atomic E-state index is 0.198. The van der Waals surface area contributed by atoms with Gasteiger partial charge in [0, 0.05) is 10.6 Å². The van der Waals surface area contributed by atoms with Gasteiger partial charge in [-0.1, -0.05) is 37.3 Å². The van der Waals surface area contributed by atoms with Gasteiger partial charge in [0.25, 0.3) is 0 Å². The first-order valence-corrected chi connectivity index (χ1v) is 6.58. The standard InChI is InChI=1S/C14H16OS/c1-2-13(15)10-16-14-8-7-11-5-3-4-6-12(11)9-14/h3-9,13,15H,2,10H2,1H3. The van der Waals surface area contributed by atoms with Crippen molar-refractivity contribution in [3.05, 3.63) is 42.5 Å². The highest BCUT2D eigenvalue weighted by atomic mass is 32.2. The van der Waals surface area contributed by atoms with Gasteiger partial charge in [-0.25, -0.2) is 0 Å². The summed E-state index contributed by atoms with van der Waals surface area (Å²) in [6.45, 7) is 2.01. The van der Waals surface area contributed by atoms with E-state index in [-0.39, 0.29) is 6.10 Å². The van der Waals surface area contributed by atoms with Crippen LogP contribution >= 0.6 is 11.8 Å². The average molecular weight is 232 g/mol. The highest BCUT2D eigenvalue weighted by Gasteiger charge is 2.02. The van der Waals surface area contributed by atoms with Gasteiger partial charge in [0.05, 0.1) is 6.10 Å². The van der Waals surface area contributed by atoms with Crippen molar-refractivity contribution < 1.29 is 5.11 Å². The average Bonchev–Trinajstić information content (AvgIpc) is 2.35. The predicted octanol–water partition coefficient (Wildman–Crippen LogP) is 3.70. The van der Waals surface area contributed by atoms with Crippen molar-refractivity contribution in [2.24, 2.45) is 0 Å². The third-order valence-corrected chi connectivity index (χ3v) is 3.77. The summed E-state index contributed by atoms with van der Waals surface area (Å²) in [5, 5.41) is 12.0. The molecule has 0 aliphatic carbocycles. The number of aliphatic hydroxyl groups is 1. The first kappa shape index (κ1) is 11.5. The van der Waals surface area contributed by atoms with Crippen LogP contribution in [0.5, 0.6) is 0 Å². The van der Waals surface area contributed by atoms with Crippen molar-refractivity contribution >= 4 is 22.5 Å². The largest absolute Gasteiger partial charge is 0.392 e. The van der Waals surface area contributed by atoms with E-state index >= 15 is 0 Å². The molecule has 2 aromatic carbocycles. The fourth-order valence-electron chi connectivity index (χ4n) is 1.57. The first-order chi connectivity index (χ1) is 7.79. The second-order valence-electron chi connectivity index (χ2n) is 3.88. The van der Waals surface area contributed by atoms with Crippen LogP contribution in [0.4, 0.5) is 0 Å². The zero-order chi connectivity index (χ0) is 11.4. The molecule has 0 spiro atoms. The molecule has 0 radical (unpaired) electrons. The third-order valence-electron chi connectivity index (χ3n) is 2.63. The van der Waals surface area contributed by atoms with Gasteiger partial charge >= 0.3 is 0 Å². The Labute approximate surface area is 100 Å². The molecule has 1 unspecified atom stereocenters. The van der Waals surface area contributed by atoms with Crippen molar-refractivity contribution in [2.75, 3.05) is 5.75 Å². The molecule has 0 aromatic heterocycles. The molecule has 2 rings (SSSR count). The predicted molar refractivity (Wildman–Crippen MR) is 71.0 cm³/mol. The van der Waals surface area contributed by atoms with Crippen LogP contribution in [0.3, 0.4) is 0 Å². The quantitative estimate of drug-likeness (QED) is 0.811. The van der Waals surface area contributed by atoms with Gasteiger partial charge in [-0.05, 0) is 29.3 Å². The number of thioether (sulfide) groups is 1. The van der Waals surface area contributed by atoms with Crippen LogP contribution < -0.4 is 0 Å². The van der Waals surface area contributed by atoms with E-state index < -0.39 is 0 Å². The number of benzene rings is 2. The fourth-order valence-corrected chi connectivity index (χ4v) is 2.56. The molecule has 1 atom stereocenters. The molecule has 84 valence electrons. The lowest BCUT2D eigenvalue weighted by molar-refractivity contribution is 0.195. The van der Waals surface area contributed by atoms with Crippen LogP contribution in [0.2, 0.25) is 0 Å². The molecule has 0 bridgehead atoms. The second-order valence-corrected chi connectivity index (χ2v) is 4.98. The summed E-state index contributed by atoms with van der Waals surface area (Å²) >= 11 is 1.72. The highest BCUT2D eigenvalue weighted by molar-refractivity contribution is 7.99. The topological polar surface area (TPSA) is 20.2 Å². The lowest BCUT2D eigenvalue weighted by Crippen LogP contribution is -2.06. The Balaban J connectivity index is 2.13. The van der Waals surface area contributed by atoms with Gasteiger partial charge in [-0.2, -0.15) is 0 Å². The Morgan fingerprint density at radius 3 is 2.62 bits per heavy atom. The zero-order valence-corrected chi connectivity index (χ0v) is 10.2. The molecule has 0 aliphatic rings. The van der Waals surface area contributed by atoms with Crippen LogP contribution in [0.15, 0.2) is 47.4 Å². The van der Waals surface area contributed by atoms with Crippen molar-refractivity contribution in [1.29, 1.82) is 0 Å². The minimum atomic E-state index is -0.198. The van der Waals surface area contributed by atoms with Crippen molar-refractivity contribution in [2.45, 2.75) is 24.3 Å². The molecule has 16 heavy (non-hydrogen) atoms. The lowest BCUT2D eigenvalue weighted by atomic mass is 10.1. The Morgan fingerprint density at radius 1 is 1.12 bits per heavy atom. The van der Waals surface area contributed by atoms with Gasteiger partial charge < -0.3 is 5.11 Å². The monoisotopic (exact) mass is 232 g/mol. The Hall–Kier alpha value is -0.990. The van der Waals surface area contributed by atoms with E-state index in [4.69, 9.17) is 0 Å². The summed E-state index contributed by atoms with van der Waals surface area (Å²) in [6, 6.07) is 14.8. The summed E-state index contributed by atoms with van der Waals surface area (Å²) in [5.74, 6) is 0.773. The third kappa shape index (κ3) is 2.77. The molecule has 0 fully saturated rings. The van der Waals surface area contributed by atoms with Crippen LogP contribution in [0.1, 0.15) is 13.3 Å². The van der Waals surface area contributed by atoms with Crippen LogP contribution in [0, 0.1) is 0 Å². The van der Waals surface area contributed by atoms with Gasteiger partial charge in [0.1, 0.15) is 0 Å². The highest BCUT2D eigenvalue weighted by Crippen LogP contribution is 2.24. The summed E-state index contributed by atoms with van der Waals surface area (Å²) in [4.78, 5) is 1.23. The molecule has 1 N–H and O–H groups in total. The van der Waals surface area contributed by atoms with Gasteiger partial charge in [0.15, 0.2) is 0 Å². The molecule has 1 nitrogen and oxygen atoms in total. The lowest BCUT2D eigenvalue weighted by Gasteiger charge is -2.07. The van der Waals surface area contributed by atoms with E-state index in [1.54, 1.807) is 11.8 Å². The Morgan fingerprint density at radius 2 is 1.88 bits per heavy atom. The summed E-state index contributed by atoms with van der Waals surface area (Å²) in [7, 11) is 0. The molecule has 0 heterocycles. The van der Waals surface area contributed by atoms with E-state index in [9.17, 15) is 5.11 Å². The van der Waals surface area contributed by atoms with E-state index in [0.717, 1.165) is 12.2 Å². The Bertz CT molecular complexity index is 467. The van der Waals surface area contributed by atoms with Crippen molar-refractivity contribution in [3.63, 3.8) is 0 Å². The number of hydrogen-bond donors (Lipinski definition) is 1. The van der Waals surface area contributed by atoms with Crippen LogP contribution in [-0.2, 0) is 0 Å². The first-order valence-electron chi connectivity index (χ1n) is 5.59. The maximum atomic E-state index is 9.51. The molecule has 0 saturated carbocycles. The van der Waals surface area contributed by atoms with Gasteiger partial charge in [0.2, 0.25) is 0 Å². The number of fused-ring (bicyclic) bond motifs is 1. The maximum absolute atomic E-state index is 9.51. The number of hydrogen-bond acceptors (Lipinski definition) is 2. The molecule has 0 aliphatic heterocycles. The van der Waals surface area contributed by atoms with E-state index in [2.05, 4.69) is 42.5 Å². The van der Waals surface area contributed by atoms with E-state index in [1.807, 2.05) is 6.92 Å². The SMILES string of the molecule is CCC(O)CSc1ccc2ccccc2c1. The maximum Gasteiger partial charge on any atom is 0.0631 e. The number of aliphatic hydroxyl groups excluding tert-OH is 1. The van der Waals surface area contributed by atoms with Crippen LogP contribution in [0.25, 0.3) is 10.8 Å². The van der Waals surface area contributed by atoms with E-state index in [1.165, 1.54) is 15.7 Å². The molecule has 0 amide bonds. The second kappa shape index (κ2) is 5.37. The number of rotatable bonds is 4. The van der Waals surface area contributed by atoms with Crippen molar-refractivity contribution in [3.8, 4) is 0 Å². The van der Waals surface area contributed by atoms with Gasteiger partial charge in [-0.15, -0.1) is 11.8 Å². The summed E-state index contributed by atoms with van der Waals surface area (Å²) in [5.41, 5.74) is 0. The minimum Gasteiger partial charge on any atom is -0.392 e. The zero-order valence-electron chi connectivity index (χ0n) is 9.39. The van der Waals surface area contributed by atoms with Crippen LogP contribution in [-0.4, -0.2) is 17.0 Å². The normalized spacial score (nSPS) is 12.9.